The van der Waals surface area contributed by atoms with E-state index in [-0.39, 0.29) is 40.0 Å². The summed E-state index contributed by atoms with van der Waals surface area (Å²) in [6.07, 6.45) is -4.13. The Hall–Kier alpha value is -3.38. The molecule has 1 fully saturated rings. The number of carbonyl (C=O) groups is 1. The standard InChI is InChI=1S/C24H22F5N3O4/c1-23(24(27,28)29)8-12(11-3-4-15(25)20(26)14(11)9-35-2)13(10-36-23)17-7-18(33)19-16(32-17)5-6-31-21(19)22(30)34/h3-7,12-13H,8-10H2,1-2H3,(H2,30,34)(H,32,33)/t12-,13+,23-/m1/s1. The topological polar surface area (TPSA) is 107 Å². The first kappa shape index (κ1) is 25.7. The van der Waals surface area contributed by atoms with Gasteiger partial charge in [-0.1, -0.05) is 6.07 Å². The number of nitrogens with one attached hydrogen (secondary N) is 1. The van der Waals surface area contributed by atoms with Gasteiger partial charge in [-0.3, -0.25) is 14.6 Å². The second-order valence-corrected chi connectivity index (χ2v) is 8.85. The summed E-state index contributed by atoms with van der Waals surface area (Å²) in [4.78, 5) is 31.5. The highest BCUT2D eigenvalue weighted by Gasteiger charge is 2.57. The number of hydrogen-bond donors (Lipinski definition) is 2. The monoisotopic (exact) mass is 511 g/mol. The Balaban J connectivity index is 1.91. The molecule has 0 saturated carbocycles. The molecule has 1 amide bonds. The Morgan fingerprint density at radius 1 is 1.28 bits per heavy atom. The average molecular weight is 511 g/mol. The zero-order valence-corrected chi connectivity index (χ0v) is 19.2. The van der Waals surface area contributed by atoms with Crippen molar-refractivity contribution in [1.82, 2.24) is 9.97 Å². The number of benzene rings is 1. The highest BCUT2D eigenvalue weighted by Crippen LogP contribution is 2.50. The van der Waals surface area contributed by atoms with E-state index in [1.54, 1.807) is 0 Å². The van der Waals surface area contributed by atoms with E-state index >= 15 is 0 Å². The van der Waals surface area contributed by atoms with Gasteiger partial charge in [-0.2, -0.15) is 13.2 Å². The van der Waals surface area contributed by atoms with Crippen molar-refractivity contribution in [1.29, 1.82) is 0 Å². The molecule has 3 heterocycles. The summed E-state index contributed by atoms with van der Waals surface area (Å²) in [5.41, 5.74) is 2.10. The number of pyridine rings is 2. The van der Waals surface area contributed by atoms with E-state index in [1.165, 1.54) is 25.4 Å². The van der Waals surface area contributed by atoms with Gasteiger partial charge in [-0.25, -0.2) is 8.78 Å². The van der Waals surface area contributed by atoms with Gasteiger partial charge in [0.05, 0.1) is 24.1 Å². The maximum absolute atomic E-state index is 14.7. The number of H-pyrrole nitrogens is 1. The molecule has 3 N–H and O–H groups in total. The van der Waals surface area contributed by atoms with E-state index in [0.717, 1.165) is 19.1 Å². The molecule has 3 aromatic rings. The van der Waals surface area contributed by atoms with Gasteiger partial charge in [0.15, 0.2) is 22.7 Å². The van der Waals surface area contributed by atoms with Crippen molar-refractivity contribution in [3.05, 3.63) is 74.8 Å². The smallest absolute Gasteiger partial charge is 0.380 e. The molecule has 0 aliphatic carbocycles. The van der Waals surface area contributed by atoms with Gasteiger partial charge in [0.1, 0.15) is 5.69 Å². The number of carbonyl (C=O) groups excluding carboxylic acids is 1. The number of nitrogens with zero attached hydrogens (tertiary/aromatic N) is 1. The van der Waals surface area contributed by atoms with Crippen LogP contribution in [-0.2, 0) is 16.1 Å². The second kappa shape index (κ2) is 9.25. The third-order valence-electron chi connectivity index (χ3n) is 6.59. The lowest BCUT2D eigenvalue weighted by Gasteiger charge is -2.44. The minimum absolute atomic E-state index is 0.0740. The number of amides is 1. The number of alkyl halides is 3. The van der Waals surface area contributed by atoms with Crippen LogP contribution in [0, 0.1) is 11.6 Å². The highest BCUT2D eigenvalue weighted by molar-refractivity contribution is 6.03. The lowest BCUT2D eigenvalue weighted by Crippen LogP contribution is -2.51. The van der Waals surface area contributed by atoms with Crippen LogP contribution >= 0.6 is 0 Å². The summed E-state index contributed by atoms with van der Waals surface area (Å²) in [6, 6.07) is 4.61. The van der Waals surface area contributed by atoms with Crippen molar-refractivity contribution in [2.24, 2.45) is 5.73 Å². The molecule has 1 aromatic carbocycles. The number of aromatic nitrogens is 2. The SMILES string of the molecule is COCc1c([C@H]2C[C@](C)(C(F)(F)F)OC[C@@H]2c2cc(=O)c3c(C(N)=O)nccc3[nH]2)ccc(F)c1F. The number of fused-ring (bicyclic) bond motifs is 1. The number of aromatic amines is 1. The Bertz CT molecular complexity index is 1390. The Labute approximate surface area is 201 Å². The molecule has 4 rings (SSSR count). The molecule has 0 bridgehead atoms. The molecule has 1 aliphatic heterocycles. The summed E-state index contributed by atoms with van der Waals surface area (Å²) < 4.78 is 80.8. The van der Waals surface area contributed by atoms with Crippen LogP contribution in [0.2, 0.25) is 0 Å². The molecule has 12 heteroatoms. The fraction of sp³-hybridized carbons (Fsp3) is 0.375. The number of ether oxygens (including phenoxy) is 2. The molecule has 1 aliphatic rings. The molecule has 192 valence electrons. The number of nitrogens with two attached hydrogens (primary N) is 1. The summed E-state index contributed by atoms with van der Waals surface area (Å²) in [7, 11) is 1.25. The Morgan fingerprint density at radius 3 is 2.64 bits per heavy atom. The number of rotatable bonds is 5. The molecule has 0 unspecified atom stereocenters. The lowest BCUT2D eigenvalue weighted by molar-refractivity contribution is -0.286. The number of methoxy groups -OCH3 is 1. The van der Waals surface area contributed by atoms with E-state index in [0.29, 0.717) is 0 Å². The largest absolute Gasteiger partial charge is 0.417 e. The molecule has 0 spiro atoms. The van der Waals surface area contributed by atoms with Crippen molar-refractivity contribution < 1.29 is 36.2 Å². The van der Waals surface area contributed by atoms with Gasteiger partial charge in [0.2, 0.25) is 0 Å². The van der Waals surface area contributed by atoms with Crippen molar-refractivity contribution >= 4 is 16.8 Å². The molecular formula is C24H22F5N3O4. The van der Waals surface area contributed by atoms with Crippen molar-refractivity contribution in [2.75, 3.05) is 13.7 Å². The maximum Gasteiger partial charge on any atom is 0.417 e. The zero-order chi connectivity index (χ0) is 26.4. The van der Waals surface area contributed by atoms with Crippen molar-refractivity contribution in [2.45, 2.75) is 43.6 Å². The third-order valence-corrected chi connectivity index (χ3v) is 6.59. The van der Waals surface area contributed by atoms with Crippen LogP contribution in [0.4, 0.5) is 22.0 Å². The first-order valence-corrected chi connectivity index (χ1v) is 10.9. The number of halogens is 5. The summed E-state index contributed by atoms with van der Waals surface area (Å²) >= 11 is 0. The molecule has 36 heavy (non-hydrogen) atoms. The van der Waals surface area contributed by atoms with Crippen LogP contribution in [0.1, 0.15) is 52.5 Å². The third kappa shape index (κ3) is 4.35. The molecule has 2 aromatic heterocycles. The van der Waals surface area contributed by atoms with Gasteiger partial charge >= 0.3 is 6.18 Å². The van der Waals surface area contributed by atoms with Crippen LogP contribution in [-0.4, -0.2) is 41.4 Å². The molecule has 3 atom stereocenters. The average Bonchev–Trinajstić information content (AvgIpc) is 2.81. The van der Waals surface area contributed by atoms with E-state index in [4.69, 9.17) is 15.2 Å². The van der Waals surface area contributed by atoms with E-state index < -0.39 is 59.6 Å². The number of hydrogen-bond acceptors (Lipinski definition) is 5. The summed E-state index contributed by atoms with van der Waals surface area (Å²) in [6.45, 7) is 0.0228. The lowest BCUT2D eigenvalue weighted by atomic mass is 9.73. The highest BCUT2D eigenvalue weighted by atomic mass is 19.4. The summed E-state index contributed by atoms with van der Waals surface area (Å²) in [5, 5.41) is -0.0740. The Morgan fingerprint density at radius 2 is 2.00 bits per heavy atom. The van der Waals surface area contributed by atoms with E-state index in [2.05, 4.69) is 9.97 Å². The quantitative estimate of drug-likeness (QED) is 0.503. The number of primary amides is 1. The predicted molar refractivity (Wildman–Crippen MR) is 118 cm³/mol. The second-order valence-electron chi connectivity index (χ2n) is 8.85. The van der Waals surface area contributed by atoms with Crippen LogP contribution in [0.5, 0.6) is 0 Å². The molecule has 0 radical (unpaired) electrons. The normalized spacial score (nSPS) is 22.6. The first-order valence-electron chi connectivity index (χ1n) is 10.9. The van der Waals surface area contributed by atoms with Crippen LogP contribution in [0.25, 0.3) is 10.9 Å². The molecule has 1 saturated heterocycles. The van der Waals surface area contributed by atoms with Crippen molar-refractivity contribution in [3.63, 3.8) is 0 Å². The van der Waals surface area contributed by atoms with Crippen LogP contribution < -0.4 is 11.2 Å². The Kier molecular flexibility index (Phi) is 6.60. The maximum atomic E-state index is 14.7. The zero-order valence-electron chi connectivity index (χ0n) is 19.2. The van der Waals surface area contributed by atoms with Gasteiger partial charge in [-0.05, 0) is 37.0 Å². The minimum atomic E-state index is -4.75. The fourth-order valence-electron chi connectivity index (χ4n) is 4.69. The van der Waals surface area contributed by atoms with Crippen LogP contribution in [0.3, 0.4) is 0 Å². The summed E-state index contributed by atoms with van der Waals surface area (Å²) in [5.74, 6) is -5.25. The van der Waals surface area contributed by atoms with Gasteiger partial charge in [-0.15, -0.1) is 0 Å². The molecular weight excluding hydrogens is 489 g/mol. The van der Waals surface area contributed by atoms with Crippen molar-refractivity contribution in [3.8, 4) is 0 Å². The minimum Gasteiger partial charge on any atom is -0.380 e. The molecule has 7 nitrogen and oxygen atoms in total. The van der Waals surface area contributed by atoms with E-state index in [1.807, 2.05) is 0 Å². The fourth-order valence-corrected chi connectivity index (χ4v) is 4.69. The predicted octanol–water partition coefficient (Wildman–Crippen LogP) is 4.06. The first-order chi connectivity index (χ1) is 16.9. The van der Waals surface area contributed by atoms with E-state index in [9.17, 15) is 31.5 Å². The van der Waals surface area contributed by atoms with Gasteiger partial charge in [0, 0.05) is 36.5 Å². The van der Waals surface area contributed by atoms with Gasteiger partial charge in [0.25, 0.3) is 5.91 Å². The van der Waals surface area contributed by atoms with Crippen LogP contribution in [0.15, 0.2) is 35.3 Å². The van der Waals surface area contributed by atoms with Gasteiger partial charge < -0.3 is 20.2 Å².